The Balaban J connectivity index is 2.78. The van der Waals surface area contributed by atoms with Crippen LogP contribution >= 0.6 is 27.7 Å². The van der Waals surface area contributed by atoms with Crippen molar-refractivity contribution in [2.45, 2.75) is 19.9 Å². The van der Waals surface area contributed by atoms with E-state index in [4.69, 9.17) is 0 Å². The third kappa shape index (κ3) is 3.50. The van der Waals surface area contributed by atoms with E-state index < -0.39 is 0 Å². The SMILES string of the molecule is CCNC(CSCC)c1c(Br)cnn1C. The first-order valence-electron chi connectivity index (χ1n) is 5.19. The van der Waals surface area contributed by atoms with E-state index in [0.29, 0.717) is 6.04 Å². The van der Waals surface area contributed by atoms with Crippen LogP contribution in [0.25, 0.3) is 0 Å². The van der Waals surface area contributed by atoms with E-state index in [2.05, 4.69) is 40.2 Å². The summed E-state index contributed by atoms with van der Waals surface area (Å²) in [6.07, 6.45) is 1.86. The lowest BCUT2D eigenvalue weighted by molar-refractivity contribution is 0.551. The fourth-order valence-electron chi connectivity index (χ4n) is 1.53. The van der Waals surface area contributed by atoms with E-state index in [1.807, 2.05) is 29.7 Å². The zero-order valence-electron chi connectivity index (χ0n) is 9.46. The highest BCUT2D eigenvalue weighted by Crippen LogP contribution is 2.25. The fraction of sp³-hybridized carbons (Fsp3) is 0.700. The Labute approximate surface area is 104 Å². The molecule has 1 aromatic heterocycles. The molecule has 0 spiro atoms. The van der Waals surface area contributed by atoms with Gasteiger partial charge in [0.2, 0.25) is 0 Å². The van der Waals surface area contributed by atoms with Gasteiger partial charge in [0, 0.05) is 12.8 Å². The molecule has 1 heterocycles. The third-order valence-corrected chi connectivity index (χ3v) is 3.80. The lowest BCUT2D eigenvalue weighted by atomic mass is 10.2. The molecule has 0 fully saturated rings. The monoisotopic (exact) mass is 291 g/mol. The highest BCUT2D eigenvalue weighted by Gasteiger charge is 2.17. The second-order valence-electron chi connectivity index (χ2n) is 3.27. The van der Waals surface area contributed by atoms with Gasteiger partial charge in [-0.1, -0.05) is 13.8 Å². The second kappa shape index (κ2) is 6.55. The Morgan fingerprint density at radius 2 is 2.33 bits per heavy atom. The van der Waals surface area contributed by atoms with Crippen LogP contribution in [0.4, 0.5) is 0 Å². The van der Waals surface area contributed by atoms with Gasteiger partial charge in [0.05, 0.1) is 22.4 Å². The van der Waals surface area contributed by atoms with Gasteiger partial charge >= 0.3 is 0 Å². The van der Waals surface area contributed by atoms with Crippen LogP contribution in [0.1, 0.15) is 25.6 Å². The van der Waals surface area contributed by atoms with Crippen LogP contribution in [-0.2, 0) is 7.05 Å². The third-order valence-electron chi connectivity index (χ3n) is 2.21. The molecule has 1 atom stereocenters. The fourth-order valence-corrected chi connectivity index (χ4v) is 2.90. The maximum atomic E-state index is 4.25. The molecule has 3 nitrogen and oxygen atoms in total. The molecule has 0 radical (unpaired) electrons. The molecule has 1 rings (SSSR count). The summed E-state index contributed by atoms with van der Waals surface area (Å²) in [6.45, 7) is 5.30. The molecule has 86 valence electrons. The first kappa shape index (κ1) is 13.1. The van der Waals surface area contributed by atoms with E-state index in [9.17, 15) is 0 Å². The number of halogens is 1. The Kier molecular flexibility index (Phi) is 5.71. The topological polar surface area (TPSA) is 29.9 Å². The van der Waals surface area contributed by atoms with E-state index >= 15 is 0 Å². The van der Waals surface area contributed by atoms with Crippen molar-refractivity contribution >= 4 is 27.7 Å². The lowest BCUT2D eigenvalue weighted by Gasteiger charge is -2.18. The summed E-state index contributed by atoms with van der Waals surface area (Å²) in [5.41, 5.74) is 1.23. The van der Waals surface area contributed by atoms with Crippen molar-refractivity contribution in [3.63, 3.8) is 0 Å². The Bertz CT molecular complexity index is 281. The van der Waals surface area contributed by atoms with Crippen LogP contribution in [0.2, 0.25) is 0 Å². The summed E-state index contributed by atoms with van der Waals surface area (Å²) < 4.78 is 3.03. The molecule has 1 aromatic rings. The van der Waals surface area contributed by atoms with E-state index in [1.165, 1.54) is 5.69 Å². The standard InChI is InChI=1S/C10H18BrN3S/c1-4-12-9(7-15-5-2)10-8(11)6-13-14(10)3/h6,9,12H,4-5,7H2,1-3H3. The molecular weight excluding hydrogens is 274 g/mol. The predicted octanol–water partition coefficient (Wildman–Crippen LogP) is 2.59. The molecular formula is C10H18BrN3S. The first-order valence-corrected chi connectivity index (χ1v) is 7.14. The zero-order valence-corrected chi connectivity index (χ0v) is 11.9. The molecule has 0 aliphatic carbocycles. The van der Waals surface area contributed by atoms with Gasteiger partial charge in [-0.3, -0.25) is 4.68 Å². The number of thioether (sulfide) groups is 1. The average molecular weight is 292 g/mol. The maximum absolute atomic E-state index is 4.25. The van der Waals surface area contributed by atoms with E-state index in [0.717, 1.165) is 22.5 Å². The summed E-state index contributed by atoms with van der Waals surface area (Å²) in [4.78, 5) is 0. The van der Waals surface area contributed by atoms with Gasteiger partial charge in [0.25, 0.3) is 0 Å². The number of hydrogen-bond acceptors (Lipinski definition) is 3. The molecule has 0 amide bonds. The molecule has 0 saturated heterocycles. The summed E-state index contributed by atoms with van der Waals surface area (Å²) in [5, 5.41) is 7.74. The van der Waals surface area contributed by atoms with Crippen molar-refractivity contribution in [2.75, 3.05) is 18.1 Å². The lowest BCUT2D eigenvalue weighted by Crippen LogP contribution is -2.25. The van der Waals surface area contributed by atoms with Crippen LogP contribution in [0.3, 0.4) is 0 Å². The average Bonchev–Trinajstić information content (AvgIpc) is 2.54. The molecule has 0 aromatic carbocycles. The minimum absolute atomic E-state index is 0.377. The predicted molar refractivity (Wildman–Crippen MR) is 70.3 cm³/mol. The summed E-state index contributed by atoms with van der Waals surface area (Å²) in [5.74, 6) is 2.24. The summed E-state index contributed by atoms with van der Waals surface area (Å²) >= 11 is 5.49. The Morgan fingerprint density at radius 3 is 2.80 bits per heavy atom. The Hall–Kier alpha value is 0. The van der Waals surface area contributed by atoms with Crippen LogP contribution in [-0.4, -0.2) is 27.8 Å². The van der Waals surface area contributed by atoms with Crippen molar-refractivity contribution in [3.05, 3.63) is 16.4 Å². The van der Waals surface area contributed by atoms with Crippen molar-refractivity contribution in [1.82, 2.24) is 15.1 Å². The van der Waals surface area contributed by atoms with Gasteiger partial charge in [-0.15, -0.1) is 0 Å². The second-order valence-corrected chi connectivity index (χ2v) is 5.44. The van der Waals surface area contributed by atoms with Crippen molar-refractivity contribution in [1.29, 1.82) is 0 Å². The van der Waals surface area contributed by atoms with Crippen LogP contribution in [0.15, 0.2) is 10.7 Å². The first-order chi connectivity index (χ1) is 7.20. The van der Waals surface area contributed by atoms with Crippen molar-refractivity contribution < 1.29 is 0 Å². The highest BCUT2D eigenvalue weighted by molar-refractivity contribution is 9.10. The van der Waals surface area contributed by atoms with Gasteiger partial charge < -0.3 is 5.32 Å². The highest BCUT2D eigenvalue weighted by atomic mass is 79.9. The number of nitrogens with one attached hydrogen (secondary N) is 1. The van der Waals surface area contributed by atoms with Crippen LogP contribution in [0, 0.1) is 0 Å². The molecule has 5 heteroatoms. The number of nitrogens with zero attached hydrogens (tertiary/aromatic N) is 2. The molecule has 0 bridgehead atoms. The Morgan fingerprint density at radius 1 is 1.60 bits per heavy atom. The summed E-state index contributed by atoms with van der Waals surface area (Å²) in [7, 11) is 1.99. The van der Waals surface area contributed by atoms with Crippen LogP contribution in [0.5, 0.6) is 0 Å². The zero-order chi connectivity index (χ0) is 11.3. The van der Waals surface area contributed by atoms with Gasteiger partial charge in [0.15, 0.2) is 0 Å². The van der Waals surface area contributed by atoms with Crippen LogP contribution < -0.4 is 5.32 Å². The van der Waals surface area contributed by atoms with E-state index in [1.54, 1.807) is 0 Å². The van der Waals surface area contributed by atoms with Crippen molar-refractivity contribution in [3.8, 4) is 0 Å². The number of hydrogen-bond donors (Lipinski definition) is 1. The van der Waals surface area contributed by atoms with Gasteiger partial charge in [-0.2, -0.15) is 16.9 Å². The molecule has 1 N–H and O–H groups in total. The number of rotatable bonds is 6. The normalized spacial score (nSPS) is 13.1. The molecule has 0 aliphatic heterocycles. The van der Waals surface area contributed by atoms with E-state index in [-0.39, 0.29) is 0 Å². The molecule has 0 aliphatic rings. The largest absolute Gasteiger partial charge is 0.308 e. The minimum Gasteiger partial charge on any atom is -0.308 e. The smallest absolute Gasteiger partial charge is 0.0700 e. The van der Waals surface area contributed by atoms with Gasteiger partial charge in [-0.05, 0) is 28.2 Å². The molecule has 1 unspecified atom stereocenters. The molecule has 0 saturated carbocycles. The quantitative estimate of drug-likeness (QED) is 0.874. The minimum atomic E-state index is 0.377. The van der Waals surface area contributed by atoms with Gasteiger partial charge in [-0.25, -0.2) is 0 Å². The number of aromatic nitrogens is 2. The van der Waals surface area contributed by atoms with Gasteiger partial charge in [0.1, 0.15) is 0 Å². The summed E-state index contributed by atoms with van der Waals surface area (Å²) in [6, 6.07) is 0.377. The van der Waals surface area contributed by atoms with Crippen molar-refractivity contribution in [2.24, 2.45) is 7.05 Å². The number of aryl methyl sites for hydroxylation is 1. The molecule has 15 heavy (non-hydrogen) atoms. The maximum Gasteiger partial charge on any atom is 0.0700 e.